The van der Waals surface area contributed by atoms with Crippen LogP contribution in [0.25, 0.3) is 0 Å². The van der Waals surface area contributed by atoms with Gasteiger partial charge in [0.05, 0.1) is 17.4 Å². The molecule has 1 saturated heterocycles. The molecule has 0 radical (unpaired) electrons. The van der Waals surface area contributed by atoms with Gasteiger partial charge in [-0.05, 0) is 13.8 Å². The maximum Gasteiger partial charge on any atom is 0.241 e. The maximum absolute atomic E-state index is 12.2. The highest BCUT2D eigenvalue weighted by Gasteiger charge is 2.23. The standard InChI is InChI=1S/C12H21N5O/c1-9-11(8-16(3)15-9)14-12(18)10(2)17-6-4-13-5-7-17/h8,10,13H,4-7H2,1-3H3,(H,14,18). The van der Waals surface area contributed by atoms with E-state index in [9.17, 15) is 4.79 Å². The molecule has 2 N–H and O–H groups in total. The van der Waals surface area contributed by atoms with E-state index in [4.69, 9.17) is 0 Å². The molecule has 100 valence electrons. The molecule has 0 bridgehead atoms. The van der Waals surface area contributed by atoms with Crippen molar-refractivity contribution in [1.82, 2.24) is 20.0 Å². The minimum atomic E-state index is -0.105. The van der Waals surface area contributed by atoms with Gasteiger partial charge in [0.15, 0.2) is 0 Å². The fraction of sp³-hybridized carbons (Fsp3) is 0.667. The van der Waals surface area contributed by atoms with Crippen LogP contribution in [0.15, 0.2) is 6.20 Å². The number of amides is 1. The van der Waals surface area contributed by atoms with E-state index >= 15 is 0 Å². The monoisotopic (exact) mass is 251 g/mol. The molecule has 0 spiro atoms. The minimum absolute atomic E-state index is 0.0352. The first-order valence-electron chi connectivity index (χ1n) is 6.34. The fourth-order valence-corrected chi connectivity index (χ4v) is 2.19. The van der Waals surface area contributed by atoms with Crippen molar-refractivity contribution in [2.45, 2.75) is 19.9 Å². The Morgan fingerprint density at radius 1 is 1.50 bits per heavy atom. The van der Waals surface area contributed by atoms with Crippen LogP contribution in [-0.4, -0.2) is 52.8 Å². The second-order valence-corrected chi connectivity index (χ2v) is 4.75. The molecule has 2 rings (SSSR count). The fourth-order valence-electron chi connectivity index (χ4n) is 2.19. The Bertz CT molecular complexity index is 422. The Morgan fingerprint density at radius 2 is 2.17 bits per heavy atom. The van der Waals surface area contributed by atoms with Gasteiger partial charge in [0.2, 0.25) is 5.91 Å². The normalized spacial score (nSPS) is 18.6. The number of carbonyl (C=O) groups is 1. The van der Waals surface area contributed by atoms with Crippen LogP contribution in [-0.2, 0) is 11.8 Å². The summed E-state index contributed by atoms with van der Waals surface area (Å²) in [6, 6.07) is -0.105. The highest BCUT2D eigenvalue weighted by atomic mass is 16.2. The van der Waals surface area contributed by atoms with E-state index in [0.29, 0.717) is 0 Å². The zero-order valence-corrected chi connectivity index (χ0v) is 11.2. The highest BCUT2D eigenvalue weighted by molar-refractivity contribution is 5.94. The summed E-state index contributed by atoms with van der Waals surface area (Å²) in [6.45, 7) is 7.58. The van der Waals surface area contributed by atoms with Crippen LogP contribution in [0.2, 0.25) is 0 Å². The molecule has 2 heterocycles. The zero-order chi connectivity index (χ0) is 13.1. The molecule has 0 saturated carbocycles. The Labute approximate surface area is 107 Å². The number of nitrogens with one attached hydrogen (secondary N) is 2. The van der Waals surface area contributed by atoms with Crippen LogP contribution in [0.1, 0.15) is 12.6 Å². The van der Waals surface area contributed by atoms with Crippen molar-refractivity contribution in [1.29, 1.82) is 0 Å². The molecule has 0 aliphatic carbocycles. The van der Waals surface area contributed by atoms with Gasteiger partial charge in [-0.15, -0.1) is 0 Å². The average Bonchev–Trinajstić information content (AvgIpc) is 2.68. The van der Waals surface area contributed by atoms with Crippen molar-refractivity contribution in [3.05, 3.63) is 11.9 Å². The van der Waals surface area contributed by atoms with Crippen LogP contribution >= 0.6 is 0 Å². The molecule has 1 unspecified atom stereocenters. The largest absolute Gasteiger partial charge is 0.322 e. The van der Waals surface area contributed by atoms with E-state index in [1.807, 2.05) is 27.1 Å². The number of rotatable bonds is 3. The smallest absolute Gasteiger partial charge is 0.241 e. The second-order valence-electron chi connectivity index (χ2n) is 4.75. The molecular weight excluding hydrogens is 230 g/mol. The first-order valence-corrected chi connectivity index (χ1v) is 6.34. The number of hydrogen-bond acceptors (Lipinski definition) is 4. The van der Waals surface area contributed by atoms with Gasteiger partial charge in [0, 0.05) is 39.4 Å². The molecule has 18 heavy (non-hydrogen) atoms. The van der Waals surface area contributed by atoms with E-state index in [2.05, 4.69) is 20.6 Å². The molecule has 1 aromatic heterocycles. The number of piperazine rings is 1. The van der Waals surface area contributed by atoms with Gasteiger partial charge in [0.1, 0.15) is 0 Å². The number of anilines is 1. The van der Waals surface area contributed by atoms with E-state index in [1.54, 1.807) is 4.68 Å². The molecule has 6 heteroatoms. The van der Waals surface area contributed by atoms with Crippen molar-refractivity contribution in [2.24, 2.45) is 7.05 Å². The third-order valence-electron chi connectivity index (χ3n) is 3.35. The van der Waals surface area contributed by atoms with Crippen molar-refractivity contribution in [2.75, 3.05) is 31.5 Å². The summed E-state index contributed by atoms with van der Waals surface area (Å²) >= 11 is 0. The zero-order valence-electron chi connectivity index (χ0n) is 11.2. The summed E-state index contributed by atoms with van der Waals surface area (Å²) in [7, 11) is 1.85. The average molecular weight is 251 g/mol. The summed E-state index contributed by atoms with van der Waals surface area (Å²) in [5.74, 6) is 0.0352. The molecule has 0 aromatic carbocycles. The number of aromatic nitrogens is 2. The molecule has 1 atom stereocenters. The number of hydrogen-bond donors (Lipinski definition) is 2. The molecule has 1 aliphatic heterocycles. The SMILES string of the molecule is Cc1nn(C)cc1NC(=O)C(C)N1CCNCC1. The second kappa shape index (κ2) is 5.49. The van der Waals surface area contributed by atoms with Crippen LogP contribution < -0.4 is 10.6 Å². The lowest BCUT2D eigenvalue weighted by atomic mass is 10.2. The molecule has 1 fully saturated rings. The summed E-state index contributed by atoms with van der Waals surface area (Å²) in [4.78, 5) is 14.4. The Kier molecular flexibility index (Phi) is 3.98. The summed E-state index contributed by atoms with van der Waals surface area (Å²) < 4.78 is 1.71. The topological polar surface area (TPSA) is 62.2 Å². The quantitative estimate of drug-likeness (QED) is 0.791. The van der Waals surface area contributed by atoms with Gasteiger partial charge in [-0.1, -0.05) is 0 Å². The van der Waals surface area contributed by atoms with E-state index in [1.165, 1.54) is 0 Å². The molecule has 1 aliphatic rings. The van der Waals surface area contributed by atoms with Crippen LogP contribution in [0.4, 0.5) is 5.69 Å². The van der Waals surface area contributed by atoms with Crippen LogP contribution in [0.3, 0.4) is 0 Å². The number of nitrogens with zero attached hydrogens (tertiary/aromatic N) is 3. The van der Waals surface area contributed by atoms with Gasteiger partial charge < -0.3 is 10.6 Å². The van der Waals surface area contributed by atoms with Gasteiger partial charge in [-0.2, -0.15) is 5.10 Å². The predicted octanol–water partition coefficient (Wildman–Crippen LogP) is -0.0393. The third kappa shape index (κ3) is 2.88. The van der Waals surface area contributed by atoms with Gasteiger partial charge >= 0.3 is 0 Å². The maximum atomic E-state index is 12.2. The molecule has 1 amide bonds. The van der Waals surface area contributed by atoms with Crippen molar-refractivity contribution < 1.29 is 4.79 Å². The van der Waals surface area contributed by atoms with Crippen LogP contribution in [0.5, 0.6) is 0 Å². The lowest BCUT2D eigenvalue weighted by Gasteiger charge is -2.31. The lowest BCUT2D eigenvalue weighted by molar-refractivity contribution is -0.120. The van der Waals surface area contributed by atoms with E-state index < -0.39 is 0 Å². The van der Waals surface area contributed by atoms with Gasteiger partial charge in [0.25, 0.3) is 0 Å². The first-order chi connectivity index (χ1) is 8.58. The third-order valence-corrected chi connectivity index (χ3v) is 3.35. The lowest BCUT2D eigenvalue weighted by Crippen LogP contribution is -2.51. The highest BCUT2D eigenvalue weighted by Crippen LogP contribution is 2.13. The van der Waals surface area contributed by atoms with Gasteiger partial charge in [-0.3, -0.25) is 14.4 Å². The minimum Gasteiger partial charge on any atom is -0.322 e. The summed E-state index contributed by atoms with van der Waals surface area (Å²) in [5.41, 5.74) is 1.64. The molecular formula is C12H21N5O. The van der Waals surface area contributed by atoms with Gasteiger partial charge in [-0.25, -0.2) is 0 Å². The van der Waals surface area contributed by atoms with Crippen LogP contribution in [0, 0.1) is 6.92 Å². The van der Waals surface area contributed by atoms with Crippen molar-refractivity contribution >= 4 is 11.6 Å². The Balaban J connectivity index is 1.96. The number of carbonyl (C=O) groups excluding carboxylic acids is 1. The Hall–Kier alpha value is -1.40. The number of aryl methyl sites for hydroxylation is 2. The van der Waals surface area contributed by atoms with E-state index in [-0.39, 0.29) is 11.9 Å². The Morgan fingerprint density at radius 3 is 2.72 bits per heavy atom. The summed E-state index contributed by atoms with van der Waals surface area (Å²) in [5, 5.41) is 10.4. The predicted molar refractivity (Wildman–Crippen MR) is 70.5 cm³/mol. The summed E-state index contributed by atoms with van der Waals surface area (Å²) in [6.07, 6.45) is 1.83. The first kappa shape index (κ1) is 13.0. The molecule has 1 aromatic rings. The van der Waals surface area contributed by atoms with E-state index in [0.717, 1.165) is 37.6 Å². The molecule has 6 nitrogen and oxygen atoms in total. The van der Waals surface area contributed by atoms with Crippen molar-refractivity contribution in [3.8, 4) is 0 Å². The van der Waals surface area contributed by atoms with Crippen molar-refractivity contribution in [3.63, 3.8) is 0 Å².